The third-order valence-corrected chi connectivity index (χ3v) is 5.20. The average Bonchev–Trinajstić information content (AvgIpc) is 3.15. The van der Waals surface area contributed by atoms with Crippen LogP contribution in [0.3, 0.4) is 0 Å². The van der Waals surface area contributed by atoms with Crippen molar-refractivity contribution in [3.8, 4) is 11.5 Å². The Morgan fingerprint density at radius 2 is 1.91 bits per heavy atom. The summed E-state index contributed by atoms with van der Waals surface area (Å²) < 4.78 is 37.0. The zero-order valence-electron chi connectivity index (χ0n) is 12.0. The van der Waals surface area contributed by atoms with Crippen molar-refractivity contribution in [3.63, 3.8) is 0 Å². The lowest BCUT2D eigenvalue weighted by Crippen LogP contribution is -2.40. The lowest BCUT2D eigenvalue weighted by molar-refractivity contribution is -0.120. The van der Waals surface area contributed by atoms with Crippen molar-refractivity contribution in [2.24, 2.45) is 0 Å². The van der Waals surface area contributed by atoms with Crippen LogP contribution in [0.2, 0.25) is 0 Å². The number of ether oxygens (including phenoxy) is 2. The van der Waals surface area contributed by atoms with Crippen molar-refractivity contribution < 1.29 is 22.7 Å². The quantitative estimate of drug-likeness (QED) is 0.833. The lowest BCUT2D eigenvalue weighted by Gasteiger charge is -2.12. The number of benzene rings is 1. The van der Waals surface area contributed by atoms with Crippen LogP contribution in [0.15, 0.2) is 23.1 Å². The van der Waals surface area contributed by atoms with E-state index >= 15 is 0 Å². The Labute approximate surface area is 129 Å². The highest BCUT2D eigenvalue weighted by atomic mass is 32.2. The molecule has 1 saturated carbocycles. The van der Waals surface area contributed by atoms with Gasteiger partial charge in [-0.1, -0.05) is 12.8 Å². The van der Waals surface area contributed by atoms with Crippen LogP contribution in [0.1, 0.15) is 25.7 Å². The Hall–Kier alpha value is -1.80. The number of hydrogen-bond donors (Lipinski definition) is 2. The van der Waals surface area contributed by atoms with Crippen LogP contribution in [0, 0.1) is 0 Å². The third-order valence-electron chi connectivity index (χ3n) is 3.80. The third kappa shape index (κ3) is 3.33. The Morgan fingerprint density at radius 1 is 1.18 bits per heavy atom. The number of hydrogen-bond acceptors (Lipinski definition) is 5. The minimum atomic E-state index is -3.76. The molecular weight excluding hydrogens is 308 g/mol. The molecule has 2 N–H and O–H groups in total. The topological polar surface area (TPSA) is 93.7 Å². The van der Waals surface area contributed by atoms with Crippen LogP contribution in [0.4, 0.5) is 0 Å². The summed E-state index contributed by atoms with van der Waals surface area (Å²) in [6.07, 6.45) is 4.13. The molecule has 8 heteroatoms. The molecule has 1 aliphatic heterocycles. The molecule has 1 heterocycles. The fourth-order valence-corrected chi connectivity index (χ4v) is 3.63. The van der Waals surface area contributed by atoms with Gasteiger partial charge in [-0.3, -0.25) is 4.79 Å². The second-order valence-corrected chi connectivity index (χ2v) is 7.16. The molecule has 1 amide bonds. The normalized spacial score (nSPS) is 17.6. The van der Waals surface area contributed by atoms with E-state index in [1.807, 2.05) is 0 Å². The number of amides is 1. The molecule has 1 aromatic rings. The molecule has 2 aliphatic rings. The van der Waals surface area contributed by atoms with Crippen molar-refractivity contribution >= 4 is 15.9 Å². The number of carbonyl (C=O) groups is 1. The molecular formula is C14H18N2O5S. The van der Waals surface area contributed by atoms with Gasteiger partial charge in [0.1, 0.15) is 0 Å². The van der Waals surface area contributed by atoms with Crippen molar-refractivity contribution in [2.45, 2.75) is 36.6 Å². The second kappa shape index (κ2) is 6.13. The number of fused-ring (bicyclic) bond motifs is 1. The van der Waals surface area contributed by atoms with E-state index in [0.29, 0.717) is 11.5 Å². The van der Waals surface area contributed by atoms with Crippen LogP contribution in [0.25, 0.3) is 0 Å². The van der Waals surface area contributed by atoms with E-state index in [1.54, 1.807) is 0 Å². The van der Waals surface area contributed by atoms with E-state index in [-0.39, 0.29) is 30.2 Å². The molecule has 1 aliphatic carbocycles. The van der Waals surface area contributed by atoms with E-state index in [4.69, 9.17) is 9.47 Å². The SMILES string of the molecule is O=C(CNS(=O)(=O)c1ccc2c(c1)OCO2)NC1CCCC1. The number of sulfonamides is 1. The summed E-state index contributed by atoms with van der Waals surface area (Å²) in [4.78, 5) is 11.8. The maximum Gasteiger partial charge on any atom is 0.241 e. The highest BCUT2D eigenvalue weighted by molar-refractivity contribution is 7.89. The molecule has 1 fully saturated rings. The lowest BCUT2D eigenvalue weighted by atomic mass is 10.2. The van der Waals surface area contributed by atoms with E-state index in [2.05, 4.69) is 10.0 Å². The Bertz CT molecular complexity index is 668. The molecule has 0 bridgehead atoms. The first-order chi connectivity index (χ1) is 10.5. The first-order valence-electron chi connectivity index (χ1n) is 7.23. The first-order valence-corrected chi connectivity index (χ1v) is 8.71. The molecule has 0 spiro atoms. The van der Waals surface area contributed by atoms with Gasteiger partial charge >= 0.3 is 0 Å². The van der Waals surface area contributed by atoms with Gasteiger partial charge in [-0.2, -0.15) is 0 Å². The van der Waals surface area contributed by atoms with Gasteiger partial charge in [0, 0.05) is 12.1 Å². The maximum atomic E-state index is 12.2. The Morgan fingerprint density at radius 3 is 2.68 bits per heavy atom. The standard InChI is InChI=1S/C14H18N2O5S/c17-14(16-10-3-1-2-4-10)8-15-22(18,19)11-5-6-12-13(7-11)21-9-20-12/h5-7,10,15H,1-4,8-9H2,(H,16,17). The molecule has 0 saturated heterocycles. The smallest absolute Gasteiger partial charge is 0.241 e. The largest absolute Gasteiger partial charge is 0.454 e. The number of rotatable bonds is 5. The van der Waals surface area contributed by atoms with Crippen LogP contribution < -0.4 is 19.5 Å². The predicted molar refractivity (Wildman–Crippen MR) is 78.2 cm³/mol. The molecule has 22 heavy (non-hydrogen) atoms. The van der Waals surface area contributed by atoms with Crippen molar-refractivity contribution in [1.29, 1.82) is 0 Å². The molecule has 0 radical (unpaired) electrons. The van der Waals surface area contributed by atoms with Gasteiger partial charge in [-0.05, 0) is 25.0 Å². The van der Waals surface area contributed by atoms with Crippen LogP contribution in [-0.2, 0) is 14.8 Å². The van der Waals surface area contributed by atoms with Gasteiger partial charge in [0.15, 0.2) is 11.5 Å². The van der Waals surface area contributed by atoms with E-state index in [1.165, 1.54) is 18.2 Å². The van der Waals surface area contributed by atoms with Gasteiger partial charge in [0.05, 0.1) is 11.4 Å². The van der Waals surface area contributed by atoms with Crippen molar-refractivity contribution in [3.05, 3.63) is 18.2 Å². The molecule has 0 aromatic heterocycles. The molecule has 3 rings (SSSR count). The van der Waals surface area contributed by atoms with Gasteiger partial charge in [-0.25, -0.2) is 13.1 Å². The molecule has 7 nitrogen and oxygen atoms in total. The van der Waals surface area contributed by atoms with Gasteiger partial charge < -0.3 is 14.8 Å². The van der Waals surface area contributed by atoms with E-state index in [9.17, 15) is 13.2 Å². The summed E-state index contributed by atoms with van der Waals surface area (Å²) in [6.45, 7) is -0.191. The molecule has 1 aromatic carbocycles. The van der Waals surface area contributed by atoms with Crippen LogP contribution in [0.5, 0.6) is 11.5 Å². The molecule has 120 valence electrons. The minimum Gasteiger partial charge on any atom is -0.454 e. The van der Waals surface area contributed by atoms with Gasteiger partial charge in [0.25, 0.3) is 0 Å². The van der Waals surface area contributed by atoms with Gasteiger partial charge in [-0.15, -0.1) is 0 Å². The van der Waals surface area contributed by atoms with Gasteiger partial charge in [0.2, 0.25) is 22.7 Å². The summed E-state index contributed by atoms with van der Waals surface area (Å²) in [5, 5.41) is 2.83. The predicted octanol–water partition coefficient (Wildman–Crippen LogP) is 0.752. The van der Waals surface area contributed by atoms with E-state index < -0.39 is 10.0 Å². The fraction of sp³-hybridized carbons (Fsp3) is 0.500. The maximum absolute atomic E-state index is 12.2. The minimum absolute atomic E-state index is 0.0467. The second-order valence-electron chi connectivity index (χ2n) is 5.39. The summed E-state index contributed by atoms with van der Waals surface area (Å²) in [5.41, 5.74) is 0. The summed E-state index contributed by atoms with van der Waals surface area (Å²) in [7, 11) is -3.76. The van der Waals surface area contributed by atoms with Crippen LogP contribution >= 0.6 is 0 Å². The summed E-state index contributed by atoms with van der Waals surface area (Å²) in [6, 6.07) is 4.52. The summed E-state index contributed by atoms with van der Waals surface area (Å²) >= 11 is 0. The highest BCUT2D eigenvalue weighted by Gasteiger charge is 2.22. The number of nitrogens with one attached hydrogen (secondary N) is 2. The van der Waals surface area contributed by atoms with E-state index in [0.717, 1.165) is 25.7 Å². The summed E-state index contributed by atoms with van der Waals surface area (Å²) in [5.74, 6) is 0.590. The Balaban J connectivity index is 1.59. The van der Waals surface area contributed by atoms with Crippen LogP contribution in [-0.4, -0.2) is 33.7 Å². The Kier molecular flexibility index (Phi) is 4.21. The van der Waals surface area contributed by atoms with Crippen molar-refractivity contribution in [2.75, 3.05) is 13.3 Å². The zero-order valence-corrected chi connectivity index (χ0v) is 12.8. The number of carbonyl (C=O) groups excluding carboxylic acids is 1. The van der Waals surface area contributed by atoms with Crippen molar-refractivity contribution in [1.82, 2.24) is 10.0 Å². The fourth-order valence-electron chi connectivity index (χ4n) is 2.64. The zero-order chi connectivity index (χ0) is 15.6. The first kappa shape index (κ1) is 15.1. The monoisotopic (exact) mass is 326 g/mol. The molecule has 0 unspecified atom stereocenters. The highest BCUT2D eigenvalue weighted by Crippen LogP contribution is 2.33. The molecule has 0 atom stereocenters. The average molecular weight is 326 g/mol.